The highest BCUT2D eigenvalue weighted by molar-refractivity contribution is 5.94. The van der Waals surface area contributed by atoms with Gasteiger partial charge >= 0.3 is 0 Å². The number of aromatic nitrogens is 1. The second-order valence-electron chi connectivity index (χ2n) is 4.18. The molecule has 0 aliphatic heterocycles. The molecule has 1 rings (SSSR count). The molecule has 0 aliphatic rings. The summed E-state index contributed by atoms with van der Waals surface area (Å²) < 4.78 is 5.58. The second-order valence-corrected chi connectivity index (χ2v) is 4.18. The molecule has 1 aromatic rings. The number of carbonyl (C=O) groups excluding carboxylic acids is 1. The SMILES string of the molecule is CC(=O)c1cncc(OC(C)(C)C)c1. The lowest BCUT2D eigenvalue weighted by atomic mass is 10.2. The first-order chi connectivity index (χ1) is 6.38. The molecule has 3 heteroatoms. The van der Waals surface area contributed by atoms with E-state index >= 15 is 0 Å². The Morgan fingerprint density at radius 3 is 2.50 bits per heavy atom. The molecule has 0 atom stereocenters. The molecule has 0 spiro atoms. The maximum absolute atomic E-state index is 11.1. The summed E-state index contributed by atoms with van der Waals surface area (Å²) in [6, 6.07) is 1.71. The van der Waals surface area contributed by atoms with E-state index in [9.17, 15) is 4.79 Å². The summed E-state index contributed by atoms with van der Waals surface area (Å²) in [5, 5.41) is 0. The Hall–Kier alpha value is -1.38. The third-order valence-corrected chi connectivity index (χ3v) is 1.54. The van der Waals surface area contributed by atoms with Gasteiger partial charge in [-0.15, -0.1) is 0 Å². The van der Waals surface area contributed by atoms with Crippen molar-refractivity contribution in [2.24, 2.45) is 0 Å². The Morgan fingerprint density at radius 2 is 2.00 bits per heavy atom. The van der Waals surface area contributed by atoms with Crippen LogP contribution in [0.1, 0.15) is 38.1 Å². The average molecular weight is 193 g/mol. The molecule has 0 amide bonds. The van der Waals surface area contributed by atoms with Crippen molar-refractivity contribution in [1.82, 2.24) is 4.98 Å². The Kier molecular flexibility index (Phi) is 2.89. The Balaban J connectivity index is 2.89. The van der Waals surface area contributed by atoms with E-state index in [2.05, 4.69) is 4.98 Å². The lowest BCUT2D eigenvalue weighted by molar-refractivity contribution is 0.101. The molecule has 3 nitrogen and oxygen atoms in total. The van der Waals surface area contributed by atoms with Crippen LogP contribution >= 0.6 is 0 Å². The molecular weight excluding hydrogens is 178 g/mol. The summed E-state index contributed by atoms with van der Waals surface area (Å²) in [7, 11) is 0. The van der Waals surface area contributed by atoms with Crippen molar-refractivity contribution in [1.29, 1.82) is 0 Å². The zero-order valence-electron chi connectivity index (χ0n) is 9.00. The zero-order valence-corrected chi connectivity index (χ0v) is 9.00. The molecule has 14 heavy (non-hydrogen) atoms. The van der Waals surface area contributed by atoms with E-state index in [4.69, 9.17) is 4.74 Å². The van der Waals surface area contributed by atoms with Gasteiger partial charge in [0.2, 0.25) is 0 Å². The quantitative estimate of drug-likeness (QED) is 0.677. The van der Waals surface area contributed by atoms with E-state index in [-0.39, 0.29) is 11.4 Å². The zero-order chi connectivity index (χ0) is 10.8. The molecule has 0 saturated carbocycles. The van der Waals surface area contributed by atoms with Crippen LogP contribution in [0.15, 0.2) is 18.5 Å². The normalized spacial score (nSPS) is 11.1. The first-order valence-corrected chi connectivity index (χ1v) is 4.53. The summed E-state index contributed by atoms with van der Waals surface area (Å²) in [6.45, 7) is 7.37. The standard InChI is InChI=1S/C11H15NO2/c1-8(13)9-5-10(7-12-6-9)14-11(2,3)4/h5-7H,1-4H3. The van der Waals surface area contributed by atoms with Gasteiger partial charge in [0, 0.05) is 11.8 Å². The summed E-state index contributed by atoms with van der Waals surface area (Å²) in [4.78, 5) is 15.0. The van der Waals surface area contributed by atoms with Crippen molar-refractivity contribution in [3.63, 3.8) is 0 Å². The Labute approximate surface area is 84.1 Å². The number of carbonyl (C=O) groups is 1. The Bertz CT molecular complexity index is 339. The molecular formula is C11H15NO2. The lowest BCUT2D eigenvalue weighted by Gasteiger charge is -2.20. The average Bonchev–Trinajstić information content (AvgIpc) is 2.01. The topological polar surface area (TPSA) is 39.2 Å². The maximum Gasteiger partial charge on any atom is 0.161 e. The van der Waals surface area contributed by atoms with Gasteiger partial charge in [0.25, 0.3) is 0 Å². The first kappa shape index (κ1) is 10.7. The van der Waals surface area contributed by atoms with Crippen LogP contribution < -0.4 is 4.74 Å². The number of nitrogens with zero attached hydrogens (tertiary/aromatic N) is 1. The monoisotopic (exact) mass is 193 g/mol. The van der Waals surface area contributed by atoms with Crippen LogP contribution in [-0.2, 0) is 0 Å². The minimum atomic E-state index is -0.267. The van der Waals surface area contributed by atoms with Crippen LogP contribution in [-0.4, -0.2) is 16.4 Å². The van der Waals surface area contributed by atoms with Gasteiger partial charge in [-0.1, -0.05) is 0 Å². The molecule has 0 saturated heterocycles. The highest BCUT2D eigenvalue weighted by Gasteiger charge is 2.12. The van der Waals surface area contributed by atoms with Gasteiger partial charge in [-0.05, 0) is 33.8 Å². The molecule has 76 valence electrons. The largest absolute Gasteiger partial charge is 0.487 e. The predicted molar refractivity (Wildman–Crippen MR) is 54.6 cm³/mol. The fourth-order valence-electron chi connectivity index (χ4n) is 1.02. The van der Waals surface area contributed by atoms with Crippen LogP contribution in [0.25, 0.3) is 0 Å². The fourth-order valence-corrected chi connectivity index (χ4v) is 1.02. The maximum atomic E-state index is 11.1. The lowest BCUT2D eigenvalue weighted by Crippen LogP contribution is -2.23. The number of ketones is 1. The van der Waals surface area contributed by atoms with Gasteiger partial charge in [-0.3, -0.25) is 9.78 Å². The third-order valence-electron chi connectivity index (χ3n) is 1.54. The minimum Gasteiger partial charge on any atom is -0.487 e. The van der Waals surface area contributed by atoms with Gasteiger partial charge in [-0.2, -0.15) is 0 Å². The fraction of sp³-hybridized carbons (Fsp3) is 0.455. The van der Waals surface area contributed by atoms with Crippen molar-refractivity contribution < 1.29 is 9.53 Å². The second kappa shape index (κ2) is 3.78. The van der Waals surface area contributed by atoms with Crippen molar-refractivity contribution >= 4 is 5.78 Å². The first-order valence-electron chi connectivity index (χ1n) is 4.53. The minimum absolute atomic E-state index is 0.00291. The van der Waals surface area contributed by atoms with Gasteiger partial charge in [0.15, 0.2) is 5.78 Å². The summed E-state index contributed by atoms with van der Waals surface area (Å²) in [5.74, 6) is 0.627. The molecule has 0 radical (unpaired) electrons. The van der Waals surface area contributed by atoms with E-state index in [0.717, 1.165) is 0 Å². The van der Waals surface area contributed by atoms with Crippen LogP contribution in [0.5, 0.6) is 5.75 Å². The number of rotatable bonds is 2. The summed E-state index contributed by atoms with van der Waals surface area (Å²) >= 11 is 0. The van der Waals surface area contributed by atoms with E-state index in [1.165, 1.54) is 13.1 Å². The number of hydrogen-bond acceptors (Lipinski definition) is 3. The van der Waals surface area contributed by atoms with E-state index in [1.807, 2.05) is 20.8 Å². The Morgan fingerprint density at radius 1 is 1.36 bits per heavy atom. The number of ether oxygens (including phenoxy) is 1. The smallest absolute Gasteiger partial charge is 0.161 e. The molecule has 0 aliphatic carbocycles. The van der Waals surface area contributed by atoms with Crippen LogP contribution in [0.2, 0.25) is 0 Å². The molecule has 0 bridgehead atoms. The van der Waals surface area contributed by atoms with E-state index < -0.39 is 0 Å². The summed E-state index contributed by atoms with van der Waals surface area (Å²) in [6.07, 6.45) is 3.15. The van der Waals surface area contributed by atoms with Crippen molar-refractivity contribution in [3.8, 4) is 5.75 Å². The van der Waals surface area contributed by atoms with Gasteiger partial charge in [0.1, 0.15) is 11.4 Å². The van der Waals surface area contributed by atoms with Crippen LogP contribution in [0, 0.1) is 0 Å². The van der Waals surface area contributed by atoms with Crippen molar-refractivity contribution in [2.75, 3.05) is 0 Å². The van der Waals surface area contributed by atoms with Crippen LogP contribution in [0.4, 0.5) is 0 Å². The highest BCUT2D eigenvalue weighted by atomic mass is 16.5. The molecule has 0 fully saturated rings. The van der Waals surface area contributed by atoms with E-state index in [0.29, 0.717) is 11.3 Å². The number of hydrogen-bond donors (Lipinski definition) is 0. The molecule has 0 N–H and O–H groups in total. The van der Waals surface area contributed by atoms with Gasteiger partial charge < -0.3 is 4.74 Å². The molecule has 0 unspecified atom stereocenters. The number of Topliss-reactive ketones (excluding diaryl/α,β-unsaturated/α-hetero) is 1. The van der Waals surface area contributed by atoms with Crippen molar-refractivity contribution in [2.45, 2.75) is 33.3 Å². The molecule has 1 heterocycles. The molecule has 1 aromatic heterocycles. The van der Waals surface area contributed by atoms with Crippen LogP contribution in [0.3, 0.4) is 0 Å². The van der Waals surface area contributed by atoms with Gasteiger partial charge in [0.05, 0.1) is 6.20 Å². The van der Waals surface area contributed by atoms with Gasteiger partial charge in [-0.25, -0.2) is 0 Å². The highest BCUT2D eigenvalue weighted by Crippen LogP contribution is 2.17. The summed E-state index contributed by atoms with van der Waals surface area (Å²) in [5.41, 5.74) is 0.309. The number of pyridine rings is 1. The predicted octanol–water partition coefficient (Wildman–Crippen LogP) is 2.46. The molecule has 0 aromatic carbocycles. The van der Waals surface area contributed by atoms with Crippen molar-refractivity contribution in [3.05, 3.63) is 24.0 Å². The third kappa shape index (κ3) is 3.17. The van der Waals surface area contributed by atoms with E-state index in [1.54, 1.807) is 12.3 Å².